The molecule has 2 aromatic rings. The monoisotopic (exact) mass is 388 g/mol. The van der Waals surface area contributed by atoms with Crippen molar-refractivity contribution >= 4 is 17.4 Å². The van der Waals surface area contributed by atoms with Gasteiger partial charge in [0.05, 0.1) is 0 Å². The molecule has 0 spiro atoms. The van der Waals surface area contributed by atoms with Crippen LogP contribution in [0.1, 0.15) is 65.9 Å². The molecule has 1 atom stereocenters. The minimum absolute atomic E-state index is 0.0652. The number of carbonyl (C=O) groups is 1. The van der Waals surface area contributed by atoms with Gasteiger partial charge >= 0.3 is 6.03 Å². The summed E-state index contributed by atoms with van der Waals surface area (Å²) >= 11 is 1.75. The van der Waals surface area contributed by atoms with E-state index < -0.39 is 0 Å². The van der Waals surface area contributed by atoms with Crippen LogP contribution in [0, 0.1) is 5.82 Å². The summed E-state index contributed by atoms with van der Waals surface area (Å²) in [5.74, 6) is 0.607. The molecule has 0 radical (unpaired) electrons. The first-order valence-corrected chi connectivity index (χ1v) is 10.6. The molecule has 2 aliphatic rings. The number of hydrogen-bond donors (Lipinski definition) is 1. The van der Waals surface area contributed by atoms with Crippen molar-refractivity contribution in [3.05, 3.63) is 45.7 Å². The van der Waals surface area contributed by atoms with Gasteiger partial charge < -0.3 is 10.2 Å². The minimum atomic E-state index is -0.266. The second-order valence-corrected chi connectivity index (χ2v) is 8.57. The summed E-state index contributed by atoms with van der Waals surface area (Å²) in [7, 11) is 0. The fraction of sp³-hybridized carbons (Fsp3) is 0.550. The largest absolute Gasteiger partial charge is 0.334 e. The zero-order chi connectivity index (χ0) is 18.6. The number of rotatable bonds is 4. The van der Waals surface area contributed by atoms with Gasteiger partial charge in [-0.25, -0.2) is 9.18 Å². The predicted octanol–water partition coefficient (Wildman–Crippen LogP) is 4.42. The second-order valence-electron chi connectivity index (χ2n) is 7.53. The van der Waals surface area contributed by atoms with Crippen LogP contribution in [0.25, 0.3) is 0 Å². The molecule has 2 heterocycles. The summed E-state index contributed by atoms with van der Waals surface area (Å²) in [6, 6.07) is 6.15. The van der Waals surface area contributed by atoms with Crippen molar-refractivity contribution in [2.75, 3.05) is 13.1 Å². The zero-order valence-electron chi connectivity index (χ0n) is 15.4. The summed E-state index contributed by atoms with van der Waals surface area (Å²) in [4.78, 5) is 14.4. The maximum Gasteiger partial charge on any atom is 0.317 e. The van der Waals surface area contributed by atoms with E-state index in [2.05, 4.69) is 15.5 Å². The number of nitrogens with one attached hydrogen (secondary N) is 1. The van der Waals surface area contributed by atoms with Crippen LogP contribution in [-0.4, -0.2) is 34.2 Å². The number of hydrogen-bond acceptors (Lipinski definition) is 4. The van der Waals surface area contributed by atoms with Crippen molar-refractivity contribution < 1.29 is 9.18 Å². The Morgan fingerprint density at radius 1 is 1.07 bits per heavy atom. The topological polar surface area (TPSA) is 58.1 Å². The molecule has 1 unspecified atom stereocenters. The fourth-order valence-electron chi connectivity index (χ4n) is 4.00. The van der Waals surface area contributed by atoms with Gasteiger partial charge in [-0.2, -0.15) is 0 Å². The number of likely N-dealkylation sites (tertiary alicyclic amines) is 1. The van der Waals surface area contributed by atoms with Crippen LogP contribution in [-0.2, 0) is 6.54 Å². The Morgan fingerprint density at radius 2 is 1.74 bits per heavy atom. The summed E-state index contributed by atoms with van der Waals surface area (Å²) in [6.07, 6.45) is 7.10. The Bertz CT molecular complexity index is 773. The SMILES string of the molecule is O=C(NCc1ccc(F)cc1)N1CCCC(c2nnc(C3CCCC3)s2)C1. The number of aromatic nitrogens is 2. The average Bonchev–Trinajstić information content (AvgIpc) is 3.39. The van der Waals surface area contributed by atoms with E-state index in [4.69, 9.17) is 0 Å². The molecule has 2 fully saturated rings. The molecule has 2 amide bonds. The highest BCUT2D eigenvalue weighted by atomic mass is 32.1. The fourth-order valence-corrected chi connectivity index (χ4v) is 5.14. The molecule has 1 aromatic carbocycles. The molecule has 144 valence electrons. The molecular weight excluding hydrogens is 363 g/mol. The molecular formula is C20H25FN4OS. The summed E-state index contributed by atoms with van der Waals surface area (Å²) in [6.45, 7) is 1.86. The summed E-state index contributed by atoms with van der Waals surface area (Å²) in [5, 5.41) is 14.1. The highest BCUT2D eigenvalue weighted by Gasteiger charge is 2.28. The quantitative estimate of drug-likeness (QED) is 0.843. The van der Waals surface area contributed by atoms with E-state index in [1.54, 1.807) is 23.5 Å². The van der Waals surface area contributed by atoms with Gasteiger partial charge in [0.25, 0.3) is 0 Å². The second kappa shape index (κ2) is 8.33. The van der Waals surface area contributed by atoms with Crippen molar-refractivity contribution in [1.29, 1.82) is 0 Å². The average molecular weight is 389 g/mol. The molecule has 1 saturated carbocycles. The lowest BCUT2D eigenvalue weighted by molar-refractivity contribution is 0.179. The van der Waals surface area contributed by atoms with E-state index in [1.165, 1.54) is 42.8 Å². The number of urea groups is 1. The third kappa shape index (κ3) is 4.46. The van der Waals surface area contributed by atoms with Crippen molar-refractivity contribution in [2.24, 2.45) is 0 Å². The summed E-state index contributed by atoms with van der Waals surface area (Å²) < 4.78 is 13.0. The van der Waals surface area contributed by atoms with Crippen LogP contribution >= 0.6 is 11.3 Å². The van der Waals surface area contributed by atoms with Gasteiger partial charge in [0.15, 0.2) is 0 Å². The molecule has 1 saturated heterocycles. The van der Waals surface area contributed by atoms with E-state index >= 15 is 0 Å². The molecule has 1 aromatic heterocycles. The third-order valence-corrected chi connectivity index (χ3v) is 6.82. The first-order valence-electron chi connectivity index (χ1n) is 9.79. The highest BCUT2D eigenvalue weighted by Crippen LogP contribution is 2.38. The molecule has 1 N–H and O–H groups in total. The van der Waals surface area contributed by atoms with Crippen LogP contribution in [0.2, 0.25) is 0 Å². The Kier molecular flexibility index (Phi) is 5.66. The van der Waals surface area contributed by atoms with Crippen LogP contribution in [0.3, 0.4) is 0 Å². The van der Waals surface area contributed by atoms with Crippen molar-refractivity contribution in [3.8, 4) is 0 Å². The van der Waals surface area contributed by atoms with Gasteiger partial charge in [-0.3, -0.25) is 0 Å². The Hall–Kier alpha value is -2.02. The normalized spacial score (nSPS) is 20.8. The van der Waals surface area contributed by atoms with Crippen LogP contribution in [0.5, 0.6) is 0 Å². The maximum atomic E-state index is 13.0. The van der Waals surface area contributed by atoms with Crippen LogP contribution < -0.4 is 5.32 Å². The standard InChI is InChI=1S/C20H25FN4OS/c21-17-9-7-14(8-10-17)12-22-20(26)25-11-3-6-16(13-25)19-24-23-18(27-19)15-4-1-2-5-15/h7-10,15-16H,1-6,11-13H2,(H,22,26). The summed E-state index contributed by atoms with van der Waals surface area (Å²) in [5.41, 5.74) is 0.892. The van der Waals surface area contributed by atoms with E-state index in [0.717, 1.165) is 30.0 Å². The number of halogens is 1. The molecule has 27 heavy (non-hydrogen) atoms. The first-order chi connectivity index (χ1) is 13.2. The number of carbonyl (C=O) groups excluding carboxylic acids is 1. The van der Waals surface area contributed by atoms with Crippen LogP contribution in [0.15, 0.2) is 24.3 Å². The van der Waals surface area contributed by atoms with Crippen molar-refractivity contribution in [2.45, 2.75) is 56.9 Å². The number of benzene rings is 1. The van der Waals surface area contributed by atoms with Gasteiger partial charge in [0, 0.05) is 31.5 Å². The smallest absolute Gasteiger partial charge is 0.317 e. The minimum Gasteiger partial charge on any atom is -0.334 e. The van der Waals surface area contributed by atoms with Gasteiger partial charge in [-0.15, -0.1) is 21.5 Å². The van der Waals surface area contributed by atoms with E-state index in [9.17, 15) is 9.18 Å². The van der Waals surface area contributed by atoms with Gasteiger partial charge in [0.2, 0.25) is 0 Å². The molecule has 1 aliphatic carbocycles. The van der Waals surface area contributed by atoms with Crippen molar-refractivity contribution in [3.63, 3.8) is 0 Å². The number of nitrogens with zero attached hydrogens (tertiary/aromatic N) is 3. The molecule has 7 heteroatoms. The Labute approximate surface area is 163 Å². The van der Waals surface area contributed by atoms with Crippen LogP contribution in [0.4, 0.5) is 9.18 Å². The van der Waals surface area contributed by atoms with Gasteiger partial charge in [-0.1, -0.05) is 25.0 Å². The lowest BCUT2D eigenvalue weighted by atomic mass is 9.99. The lowest BCUT2D eigenvalue weighted by Gasteiger charge is -2.31. The van der Waals surface area contributed by atoms with Gasteiger partial charge in [0.1, 0.15) is 15.8 Å². The van der Waals surface area contributed by atoms with E-state index in [-0.39, 0.29) is 17.8 Å². The number of piperidine rings is 1. The Morgan fingerprint density at radius 3 is 2.48 bits per heavy atom. The molecule has 0 bridgehead atoms. The zero-order valence-corrected chi connectivity index (χ0v) is 16.2. The predicted molar refractivity (Wildman–Crippen MR) is 103 cm³/mol. The van der Waals surface area contributed by atoms with Gasteiger partial charge in [-0.05, 0) is 43.4 Å². The molecule has 4 rings (SSSR count). The first kappa shape index (κ1) is 18.3. The highest BCUT2D eigenvalue weighted by molar-refractivity contribution is 7.11. The molecule has 1 aliphatic heterocycles. The molecule has 5 nitrogen and oxygen atoms in total. The number of amides is 2. The van der Waals surface area contributed by atoms with Crippen molar-refractivity contribution in [1.82, 2.24) is 20.4 Å². The Balaban J connectivity index is 1.33. The lowest BCUT2D eigenvalue weighted by Crippen LogP contribution is -2.44. The van der Waals surface area contributed by atoms with E-state index in [0.29, 0.717) is 19.0 Å². The third-order valence-electron chi connectivity index (χ3n) is 5.58. The maximum absolute atomic E-state index is 13.0. The van der Waals surface area contributed by atoms with E-state index in [1.807, 2.05) is 4.90 Å².